The fraction of sp³-hybridized carbons (Fsp3) is 0.154. The standard InChI is InChI=1S/C13H11N3O2S/c1-8-12(13(17)18)19-11(16-8)7-15-10-4-2-3-9(5-10)6-14/h2-5,15H,7H2,1H3,(H,17,18). The number of carboxylic acids is 1. The van der Waals surface area contributed by atoms with Crippen molar-refractivity contribution in [2.75, 3.05) is 5.32 Å². The number of thiazole rings is 1. The van der Waals surface area contributed by atoms with Crippen LogP contribution in [-0.2, 0) is 6.54 Å². The quantitative estimate of drug-likeness (QED) is 0.894. The van der Waals surface area contributed by atoms with Crippen molar-refractivity contribution in [2.24, 2.45) is 0 Å². The summed E-state index contributed by atoms with van der Waals surface area (Å²) < 4.78 is 0. The molecule has 0 spiro atoms. The van der Waals surface area contributed by atoms with Crippen molar-refractivity contribution in [2.45, 2.75) is 13.5 Å². The lowest BCUT2D eigenvalue weighted by atomic mass is 10.2. The molecule has 0 saturated heterocycles. The average Bonchev–Trinajstić information content (AvgIpc) is 2.78. The summed E-state index contributed by atoms with van der Waals surface area (Å²) in [5.74, 6) is -0.951. The van der Waals surface area contributed by atoms with Crippen molar-refractivity contribution in [3.8, 4) is 6.07 Å². The number of aromatic carboxylic acids is 1. The van der Waals surface area contributed by atoms with Crippen molar-refractivity contribution in [1.82, 2.24) is 4.98 Å². The number of rotatable bonds is 4. The van der Waals surface area contributed by atoms with Gasteiger partial charge in [-0.2, -0.15) is 5.26 Å². The van der Waals surface area contributed by atoms with E-state index in [0.29, 0.717) is 22.8 Å². The SMILES string of the molecule is Cc1nc(CNc2cccc(C#N)c2)sc1C(=O)O. The normalized spacial score (nSPS) is 9.89. The maximum atomic E-state index is 10.9. The molecule has 1 aromatic heterocycles. The van der Waals surface area contributed by atoms with Crippen molar-refractivity contribution in [1.29, 1.82) is 5.26 Å². The van der Waals surface area contributed by atoms with Crippen LogP contribution in [-0.4, -0.2) is 16.1 Å². The fourth-order valence-corrected chi connectivity index (χ4v) is 2.45. The Hall–Kier alpha value is -2.39. The van der Waals surface area contributed by atoms with Crippen LogP contribution in [0.1, 0.15) is 25.9 Å². The van der Waals surface area contributed by atoms with E-state index in [0.717, 1.165) is 17.0 Å². The van der Waals surface area contributed by atoms with Gasteiger partial charge in [-0.25, -0.2) is 9.78 Å². The highest BCUT2D eigenvalue weighted by atomic mass is 32.1. The zero-order valence-corrected chi connectivity index (χ0v) is 11.0. The maximum absolute atomic E-state index is 10.9. The van der Waals surface area contributed by atoms with Gasteiger partial charge >= 0.3 is 5.97 Å². The van der Waals surface area contributed by atoms with Gasteiger partial charge in [0.2, 0.25) is 0 Å². The van der Waals surface area contributed by atoms with E-state index in [1.807, 2.05) is 6.07 Å². The fourth-order valence-electron chi connectivity index (χ4n) is 1.60. The molecule has 6 heteroatoms. The number of hydrogen-bond donors (Lipinski definition) is 2. The molecular weight excluding hydrogens is 262 g/mol. The lowest BCUT2D eigenvalue weighted by Crippen LogP contribution is -1.98. The molecular formula is C13H11N3O2S. The van der Waals surface area contributed by atoms with Gasteiger partial charge in [0.05, 0.1) is 23.9 Å². The van der Waals surface area contributed by atoms with Gasteiger partial charge in [0.1, 0.15) is 9.88 Å². The Balaban J connectivity index is 2.08. The third kappa shape index (κ3) is 3.09. The Kier molecular flexibility index (Phi) is 3.78. The van der Waals surface area contributed by atoms with E-state index >= 15 is 0 Å². The molecule has 0 atom stereocenters. The lowest BCUT2D eigenvalue weighted by molar-refractivity contribution is 0.0701. The van der Waals surface area contributed by atoms with Crippen LogP contribution < -0.4 is 5.32 Å². The molecule has 0 saturated carbocycles. The van der Waals surface area contributed by atoms with E-state index in [2.05, 4.69) is 16.4 Å². The first-order valence-electron chi connectivity index (χ1n) is 5.54. The van der Waals surface area contributed by atoms with Crippen LogP contribution in [0.25, 0.3) is 0 Å². The number of nitrogens with one attached hydrogen (secondary N) is 1. The Morgan fingerprint density at radius 3 is 3.00 bits per heavy atom. The number of anilines is 1. The third-order valence-electron chi connectivity index (χ3n) is 2.47. The molecule has 0 aliphatic heterocycles. The van der Waals surface area contributed by atoms with E-state index in [1.165, 1.54) is 0 Å². The third-order valence-corrected chi connectivity index (χ3v) is 3.62. The molecule has 2 N–H and O–H groups in total. The molecule has 96 valence electrons. The van der Waals surface area contributed by atoms with Crippen LogP contribution in [0.15, 0.2) is 24.3 Å². The minimum atomic E-state index is -0.951. The Bertz CT molecular complexity index is 658. The highest BCUT2D eigenvalue weighted by Crippen LogP contribution is 2.19. The molecule has 2 rings (SSSR count). The van der Waals surface area contributed by atoms with E-state index in [1.54, 1.807) is 25.1 Å². The van der Waals surface area contributed by atoms with Gasteiger partial charge in [-0.15, -0.1) is 11.3 Å². The van der Waals surface area contributed by atoms with Gasteiger partial charge in [-0.1, -0.05) is 6.07 Å². The first-order valence-corrected chi connectivity index (χ1v) is 6.35. The summed E-state index contributed by atoms with van der Waals surface area (Å²) >= 11 is 1.16. The number of carboxylic acid groups (broad SMARTS) is 1. The number of nitrogens with zero attached hydrogens (tertiary/aromatic N) is 2. The molecule has 5 nitrogen and oxygen atoms in total. The Morgan fingerprint density at radius 2 is 2.37 bits per heavy atom. The molecule has 0 aliphatic rings. The second-order valence-electron chi connectivity index (χ2n) is 3.87. The minimum Gasteiger partial charge on any atom is -0.477 e. The molecule has 1 heterocycles. The summed E-state index contributed by atoms with van der Waals surface area (Å²) in [6, 6.07) is 9.16. The number of aryl methyl sites for hydroxylation is 1. The van der Waals surface area contributed by atoms with Gasteiger partial charge in [0.15, 0.2) is 0 Å². The van der Waals surface area contributed by atoms with Crippen molar-refractivity contribution < 1.29 is 9.90 Å². The zero-order valence-electron chi connectivity index (χ0n) is 10.2. The summed E-state index contributed by atoms with van der Waals surface area (Å²) in [4.78, 5) is 15.4. The van der Waals surface area contributed by atoms with Crippen molar-refractivity contribution in [3.63, 3.8) is 0 Å². The summed E-state index contributed by atoms with van der Waals surface area (Å²) in [6.07, 6.45) is 0. The van der Waals surface area contributed by atoms with Gasteiger partial charge in [0.25, 0.3) is 0 Å². The van der Waals surface area contributed by atoms with Crippen LogP contribution >= 0.6 is 11.3 Å². The zero-order chi connectivity index (χ0) is 13.8. The van der Waals surface area contributed by atoms with Crippen LogP contribution in [0.2, 0.25) is 0 Å². The number of hydrogen-bond acceptors (Lipinski definition) is 5. The minimum absolute atomic E-state index is 0.266. The molecule has 19 heavy (non-hydrogen) atoms. The molecule has 0 fully saturated rings. The summed E-state index contributed by atoms with van der Waals surface area (Å²) in [7, 11) is 0. The molecule has 0 bridgehead atoms. The van der Waals surface area contributed by atoms with Crippen LogP contribution in [0.3, 0.4) is 0 Å². The number of carbonyl (C=O) groups is 1. The lowest BCUT2D eigenvalue weighted by Gasteiger charge is -2.03. The summed E-state index contributed by atoms with van der Waals surface area (Å²) in [5.41, 5.74) is 1.91. The number of aromatic nitrogens is 1. The van der Waals surface area contributed by atoms with E-state index in [-0.39, 0.29) is 4.88 Å². The average molecular weight is 273 g/mol. The van der Waals surface area contributed by atoms with Crippen molar-refractivity contribution >= 4 is 23.0 Å². The first-order chi connectivity index (χ1) is 9.10. The highest BCUT2D eigenvalue weighted by molar-refractivity contribution is 7.13. The van der Waals surface area contributed by atoms with E-state index in [9.17, 15) is 4.79 Å². The van der Waals surface area contributed by atoms with Gasteiger partial charge in [-0.3, -0.25) is 0 Å². The van der Waals surface area contributed by atoms with Crippen molar-refractivity contribution in [3.05, 3.63) is 45.4 Å². The second kappa shape index (κ2) is 5.50. The van der Waals surface area contributed by atoms with Crippen LogP contribution in [0.4, 0.5) is 5.69 Å². The molecule has 2 aromatic rings. The number of benzene rings is 1. The Labute approximate surface area is 114 Å². The van der Waals surface area contributed by atoms with Crippen LogP contribution in [0.5, 0.6) is 0 Å². The molecule has 0 amide bonds. The van der Waals surface area contributed by atoms with E-state index in [4.69, 9.17) is 10.4 Å². The topological polar surface area (TPSA) is 86.0 Å². The van der Waals surface area contributed by atoms with Crippen LogP contribution in [0, 0.1) is 18.3 Å². The van der Waals surface area contributed by atoms with Gasteiger partial charge in [0, 0.05) is 5.69 Å². The first kappa shape index (κ1) is 13.1. The molecule has 0 unspecified atom stereocenters. The molecule has 0 aliphatic carbocycles. The van der Waals surface area contributed by atoms with Gasteiger partial charge < -0.3 is 10.4 Å². The van der Waals surface area contributed by atoms with Gasteiger partial charge in [-0.05, 0) is 25.1 Å². The number of nitriles is 1. The predicted octanol–water partition coefficient (Wildman–Crippen LogP) is 2.63. The maximum Gasteiger partial charge on any atom is 0.347 e. The largest absolute Gasteiger partial charge is 0.477 e. The molecule has 1 aromatic carbocycles. The Morgan fingerprint density at radius 1 is 1.58 bits per heavy atom. The predicted molar refractivity (Wildman–Crippen MR) is 72.3 cm³/mol. The highest BCUT2D eigenvalue weighted by Gasteiger charge is 2.13. The molecule has 0 radical (unpaired) electrons. The smallest absolute Gasteiger partial charge is 0.347 e. The summed E-state index contributed by atoms with van der Waals surface area (Å²) in [5, 5.41) is 21.6. The van der Waals surface area contributed by atoms with E-state index < -0.39 is 5.97 Å². The second-order valence-corrected chi connectivity index (χ2v) is 4.96. The summed E-state index contributed by atoms with van der Waals surface area (Å²) in [6.45, 7) is 2.12. The monoisotopic (exact) mass is 273 g/mol.